The summed E-state index contributed by atoms with van der Waals surface area (Å²) < 4.78 is 15.4. The molecule has 1 aromatic heterocycles. The lowest BCUT2D eigenvalue weighted by atomic mass is 10.2. The van der Waals surface area contributed by atoms with Crippen molar-refractivity contribution in [3.8, 4) is 0 Å². The SMILES string of the molecule is CCOCC(=O)OCC(=O)N[C@H](C)c1cc2ccccc2o1. The quantitative estimate of drug-likeness (QED) is 0.793. The number of hydrogen-bond donors (Lipinski definition) is 1. The Hall–Kier alpha value is -2.34. The van der Waals surface area contributed by atoms with Crippen molar-refractivity contribution >= 4 is 22.8 Å². The molecule has 118 valence electrons. The van der Waals surface area contributed by atoms with E-state index >= 15 is 0 Å². The van der Waals surface area contributed by atoms with Crippen LogP contribution in [-0.2, 0) is 19.1 Å². The number of benzene rings is 1. The molecule has 0 fully saturated rings. The highest BCUT2D eigenvalue weighted by Crippen LogP contribution is 2.23. The van der Waals surface area contributed by atoms with Gasteiger partial charge < -0.3 is 19.2 Å². The van der Waals surface area contributed by atoms with Crippen LogP contribution < -0.4 is 5.32 Å². The lowest BCUT2D eigenvalue weighted by Crippen LogP contribution is -2.31. The topological polar surface area (TPSA) is 77.8 Å². The predicted octanol–water partition coefficient (Wildman–Crippen LogP) is 2.19. The van der Waals surface area contributed by atoms with Crippen LogP contribution in [0, 0.1) is 0 Å². The lowest BCUT2D eigenvalue weighted by Gasteiger charge is -2.11. The van der Waals surface area contributed by atoms with E-state index in [0.29, 0.717) is 12.4 Å². The molecule has 22 heavy (non-hydrogen) atoms. The Kier molecular flexibility index (Phi) is 5.55. The Bertz CT molecular complexity index is 616. The maximum atomic E-state index is 11.7. The molecule has 0 saturated heterocycles. The number of carbonyl (C=O) groups excluding carboxylic acids is 2. The van der Waals surface area contributed by atoms with Crippen molar-refractivity contribution in [2.24, 2.45) is 0 Å². The van der Waals surface area contributed by atoms with Crippen LogP contribution in [0.25, 0.3) is 11.0 Å². The van der Waals surface area contributed by atoms with Gasteiger partial charge in [0.15, 0.2) is 6.61 Å². The molecule has 0 radical (unpaired) electrons. The third-order valence-electron chi connectivity index (χ3n) is 3.04. The first kappa shape index (κ1) is 16.0. The van der Waals surface area contributed by atoms with E-state index in [9.17, 15) is 9.59 Å². The molecule has 0 unspecified atom stereocenters. The highest BCUT2D eigenvalue weighted by molar-refractivity contribution is 5.81. The standard InChI is InChI=1S/C16H19NO5/c1-3-20-10-16(19)21-9-15(18)17-11(2)14-8-12-6-4-5-7-13(12)22-14/h4-8,11H,3,9-10H2,1-2H3,(H,17,18)/t11-/m1/s1. The van der Waals surface area contributed by atoms with Gasteiger partial charge in [0, 0.05) is 12.0 Å². The second-order valence-corrected chi connectivity index (χ2v) is 4.77. The second kappa shape index (κ2) is 7.61. The smallest absolute Gasteiger partial charge is 0.332 e. The van der Waals surface area contributed by atoms with Crippen molar-refractivity contribution in [1.29, 1.82) is 0 Å². The normalized spacial score (nSPS) is 12.1. The zero-order chi connectivity index (χ0) is 15.9. The van der Waals surface area contributed by atoms with Crippen LogP contribution in [0.4, 0.5) is 0 Å². The summed E-state index contributed by atoms with van der Waals surface area (Å²) in [4.78, 5) is 23.0. The van der Waals surface area contributed by atoms with E-state index in [4.69, 9.17) is 13.9 Å². The third-order valence-corrected chi connectivity index (χ3v) is 3.04. The molecule has 0 spiro atoms. The summed E-state index contributed by atoms with van der Waals surface area (Å²) in [5.74, 6) is -0.304. The van der Waals surface area contributed by atoms with Gasteiger partial charge in [0.25, 0.3) is 5.91 Å². The average Bonchev–Trinajstić information content (AvgIpc) is 2.95. The van der Waals surface area contributed by atoms with Crippen LogP contribution in [0.15, 0.2) is 34.7 Å². The summed E-state index contributed by atoms with van der Waals surface area (Å²) in [7, 11) is 0. The molecule has 0 aliphatic carbocycles. The van der Waals surface area contributed by atoms with Gasteiger partial charge in [-0.2, -0.15) is 0 Å². The second-order valence-electron chi connectivity index (χ2n) is 4.77. The molecule has 2 aromatic rings. The number of amides is 1. The predicted molar refractivity (Wildman–Crippen MR) is 80.2 cm³/mol. The molecule has 0 aliphatic rings. The number of nitrogens with one attached hydrogen (secondary N) is 1. The van der Waals surface area contributed by atoms with Crippen molar-refractivity contribution in [3.63, 3.8) is 0 Å². The van der Waals surface area contributed by atoms with Gasteiger partial charge in [-0.05, 0) is 26.0 Å². The summed E-state index contributed by atoms with van der Waals surface area (Å²) in [6.07, 6.45) is 0. The highest BCUT2D eigenvalue weighted by atomic mass is 16.6. The minimum atomic E-state index is -0.562. The Balaban J connectivity index is 1.84. The van der Waals surface area contributed by atoms with Crippen molar-refractivity contribution in [1.82, 2.24) is 5.32 Å². The number of carbonyl (C=O) groups is 2. The minimum Gasteiger partial charge on any atom is -0.459 e. The third kappa shape index (κ3) is 4.33. The lowest BCUT2D eigenvalue weighted by molar-refractivity contribution is -0.152. The fourth-order valence-corrected chi connectivity index (χ4v) is 1.94. The first-order valence-electron chi connectivity index (χ1n) is 7.11. The molecule has 0 aliphatic heterocycles. The number of para-hydroxylation sites is 1. The van der Waals surface area contributed by atoms with Gasteiger partial charge in [-0.1, -0.05) is 18.2 Å². The van der Waals surface area contributed by atoms with E-state index in [1.807, 2.05) is 30.3 Å². The summed E-state index contributed by atoms with van der Waals surface area (Å²) in [6, 6.07) is 9.17. The molecule has 0 saturated carbocycles. The zero-order valence-electron chi connectivity index (χ0n) is 12.6. The monoisotopic (exact) mass is 305 g/mol. The molecule has 2 rings (SSSR count). The molecule has 1 N–H and O–H groups in total. The molecule has 6 heteroatoms. The number of fused-ring (bicyclic) bond motifs is 1. The molecule has 0 bridgehead atoms. The van der Waals surface area contributed by atoms with Gasteiger partial charge in [-0.25, -0.2) is 4.79 Å². The van der Waals surface area contributed by atoms with Crippen LogP contribution >= 0.6 is 0 Å². The Morgan fingerprint density at radius 2 is 2.05 bits per heavy atom. The Morgan fingerprint density at radius 1 is 1.27 bits per heavy atom. The van der Waals surface area contributed by atoms with E-state index in [-0.39, 0.29) is 19.3 Å². The van der Waals surface area contributed by atoms with Gasteiger partial charge in [0.05, 0.1) is 6.04 Å². The number of esters is 1. The first-order chi connectivity index (χ1) is 10.6. The molecule has 1 atom stereocenters. The Morgan fingerprint density at radius 3 is 2.77 bits per heavy atom. The molecule has 1 heterocycles. The summed E-state index contributed by atoms with van der Waals surface area (Å²) in [6.45, 7) is 3.51. The van der Waals surface area contributed by atoms with E-state index < -0.39 is 11.9 Å². The average molecular weight is 305 g/mol. The van der Waals surface area contributed by atoms with Crippen molar-refractivity contribution in [2.45, 2.75) is 19.9 Å². The number of furan rings is 1. The fraction of sp³-hybridized carbons (Fsp3) is 0.375. The molecular weight excluding hydrogens is 286 g/mol. The highest BCUT2D eigenvalue weighted by Gasteiger charge is 2.15. The fourth-order valence-electron chi connectivity index (χ4n) is 1.94. The van der Waals surface area contributed by atoms with Crippen LogP contribution in [0.5, 0.6) is 0 Å². The van der Waals surface area contributed by atoms with Crippen molar-refractivity contribution < 1.29 is 23.5 Å². The molecule has 1 amide bonds. The largest absolute Gasteiger partial charge is 0.459 e. The molecule has 6 nitrogen and oxygen atoms in total. The van der Waals surface area contributed by atoms with Gasteiger partial charge in [0.2, 0.25) is 0 Å². The number of rotatable bonds is 7. The zero-order valence-corrected chi connectivity index (χ0v) is 12.6. The van der Waals surface area contributed by atoms with Crippen molar-refractivity contribution in [2.75, 3.05) is 19.8 Å². The Labute approximate surface area is 128 Å². The van der Waals surface area contributed by atoms with E-state index in [1.165, 1.54) is 0 Å². The van der Waals surface area contributed by atoms with Crippen LogP contribution in [-0.4, -0.2) is 31.7 Å². The van der Waals surface area contributed by atoms with Gasteiger partial charge >= 0.3 is 5.97 Å². The van der Waals surface area contributed by atoms with Crippen LogP contribution in [0.3, 0.4) is 0 Å². The van der Waals surface area contributed by atoms with E-state index in [0.717, 1.165) is 11.0 Å². The van der Waals surface area contributed by atoms with Gasteiger partial charge in [0.1, 0.15) is 18.0 Å². The van der Waals surface area contributed by atoms with Gasteiger partial charge in [-0.3, -0.25) is 4.79 Å². The van der Waals surface area contributed by atoms with Gasteiger partial charge in [-0.15, -0.1) is 0 Å². The maximum Gasteiger partial charge on any atom is 0.332 e. The van der Waals surface area contributed by atoms with Crippen LogP contribution in [0.1, 0.15) is 25.6 Å². The summed E-state index contributed by atoms with van der Waals surface area (Å²) in [5, 5.41) is 3.69. The van der Waals surface area contributed by atoms with Crippen molar-refractivity contribution in [3.05, 3.63) is 36.1 Å². The molecule has 1 aromatic carbocycles. The first-order valence-corrected chi connectivity index (χ1v) is 7.11. The number of hydrogen-bond acceptors (Lipinski definition) is 5. The van der Waals surface area contributed by atoms with E-state index in [1.54, 1.807) is 13.8 Å². The maximum absolute atomic E-state index is 11.7. The van der Waals surface area contributed by atoms with E-state index in [2.05, 4.69) is 5.32 Å². The molecular formula is C16H19NO5. The summed E-state index contributed by atoms with van der Waals surface area (Å²) >= 11 is 0. The number of ether oxygens (including phenoxy) is 2. The summed E-state index contributed by atoms with van der Waals surface area (Å²) in [5.41, 5.74) is 0.766. The van der Waals surface area contributed by atoms with Crippen LogP contribution in [0.2, 0.25) is 0 Å². The minimum absolute atomic E-state index is 0.150.